The van der Waals surface area contributed by atoms with Crippen molar-refractivity contribution in [2.45, 2.75) is 18.8 Å². The van der Waals surface area contributed by atoms with Gasteiger partial charge in [0, 0.05) is 24.9 Å². The van der Waals surface area contributed by atoms with Gasteiger partial charge in [-0.2, -0.15) is 5.10 Å². The fourth-order valence-electron chi connectivity index (χ4n) is 4.00. The van der Waals surface area contributed by atoms with Gasteiger partial charge in [0.05, 0.1) is 23.9 Å². The molecule has 4 rings (SSSR count). The maximum Gasteiger partial charge on any atom is 0.238 e. The normalized spacial score (nSPS) is 24.3. The number of nitrogens with zero attached hydrogens (tertiary/aromatic N) is 2. The van der Waals surface area contributed by atoms with Crippen LogP contribution in [-0.4, -0.2) is 36.4 Å². The number of aromatic amines is 1. The van der Waals surface area contributed by atoms with E-state index in [0.717, 1.165) is 28.9 Å². The van der Waals surface area contributed by atoms with Gasteiger partial charge in [-0.1, -0.05) is 36.4 Å². The summed E-state index contributed by atoms with van der Waals surface area (Å²) in [5.41, 5.74) is 3.80. The first-order valence-corrected chi connectivity index (χ1v) is 8.97. The standard InChI is InChI=1S/C21H23N3O2/c1-3-6-15-14-22-23-18(15)10-9-16-13-21(16)17-7-4-5-8-19(17)24(20(21)25)11-12-26-2/h3-10,14,16H,11-13H2,1-2H3,(H,22,23)/b6-3-,10-9+/t16-,21-/m1/s1. The van der Waals surface area contributed by atoms with Crippen LogP contribution in [0.1, 0.15) is 30.2 Å². The summed E-state index contributed by atoms with van der Waals surface area (Å²) in [6.07, 6.45) is 10.9. The van der Waals surface area contributed by atoms with Crippen molar-refractivity contribution < 1.29 is 9.53 Å². The molecule has 1 fully saturated rings. The van der Waals surface area contributed by atoms with Crippen molar-refractivity contribution in [3.8, 4) is 0 Å². The number of allylic oxidation sites excluding steroid dienone is 2. The van der Waals surface area contributed by atoms with Crippen molar-refractivity contribution in [2.75, 3.05) is 25.2 Å². The van der Waals surface area contributed by atoms with Crippen LogP contribution in [0.4, 0.5) is 5.69 Å². The van der Waals surface area contributed by atoms with Gasteiger partial charge in [0.25, 0.3) is 0 Å². The minimum absolute atomic E-state index is 0.198. The number of carbonyl (C=O) groups excluding carboxylic acids is 1. The van der Waals surface area contributed by atoms with E-state index in [1.807, 2.05) is 48.4 Å². The number of para-hydroxylation sites is 1. The maximum atomic E-state index is 13.2. The maximum absolute atomic E-state index is 13.2. The molecule has 1 N–H and O–H groups in total. The summed E-state index contributed by atoms with van der Waals surface area (Å²) < 4.78 is 5.19. The smallest absolute Gasteiger partial charge is 0.238 e. The summed E-state index contributed by atoms with van der Waals surface area (Å²) in [5.74, 6) is 0.411. The topological polar surface area (TPSA) is 58.2 Å². The lowest BCUT2D eigenvalue weighted by atomic mass is 9.94. The Morgan fingerprint density at radius 2 is 2.23 bits per heavy atom. The molecule has 1 aromatic heterocycles. The zero-order chi connectivity index (χ0) is 18.1. The molecule has 1 amide bonds. The van der Waals surface area contributed by atoms with Crippen molar-refractivity contribution in [3.63, 3.8) is 0 Å². The summed E-state index contributed by atoms with van der Waals surface area (Å²) in [4.78, 5) is 15.1. The zero-order valence-corrected chi connectivity index (χ0v) is 15.1. The highest BCUT2D eigenvalue weighted by Gasteiger charge is 2.65. The van der Waals surface area contributed by atoms with Gasteiger partial charge in [-0.25, -0.2) is 0 Å². The van der Waals surface area contributed by atoms with E-state index in [0.29, 0.717) is 13.2 Å². The molecular weight excluding hydrogens is 326 g/mol. The molecule has 1 saturated carbocycles. The van der Waals surface area contributed by atoms with E-state index in [2.05, 4.69) is 28.4 Å². The van der Waals surface area contributed by atoms with Crippen molar-refractivity contribution >= 4 is 23.7 Å². The molecule has 2 heterocycles. The molecule has 0 unspecified atom stereocenters. The average Bonchev–Trinajstić information content (AvgIpc) is 3.14. The Morgan fingerprint density at radius 1 is 1.38 bits per heavy atom. The van der Waals surface area contributed by atoms with Gasteiger partial charge >= 0.3 is 0 Å². The summed E-state index contributed by atoms with van der Waals surface area (Å²) in [6, 6.07) is 8.14. The number of ether oxygens (including phenoxy) is 1. The molecule has 0 saturated heterocycles. The van der Waals surface area contributed by atoms with E-state index in [9.17, 15) is 4.79 Å². The average molecular weight is 349 g/mol. The third kappa shape index (κ3) is 2.51. The lowest BCUT2D eigenvalue weighted by Gasteiger charge is -2.17. The Morgan fingerprint density at radius 3 is 3.04 bits per heavy atom. The first-order valence-electron chi connectivity index (χ1n) is 8.97. The fourth-order valence-corrected chi connectivity index (χ4v) is 4.00. The Balaban J connectivity index is 1.61. The molecule has 0 radical (unpaired) electrons. The highest BCUT2D eigenvalue weighted by Crippen LogP contribution is 2.62. The fraction of sp³-hybridized carbons (Fsp3) is 0.333. The molecule has 1 spiro atoms. The van der Waals surface area contributed by atoms with Crippen LogP contribution in [0.5, 0.6) is 0 Å². The van der Waals surface area contributed by atoms with Crippen LogP contribution in [-0.2, 0) is 14.9 Å². The predicted octanol–water partition coefficient (Wildman–Crippen LogP) is 3.41. The number of hydrogen-bond acceptors (Lipinski definition) is 3. The van der Waals surface area contributed by atoms with Gasteiger partial charge in [0.2, 0.25) is 5.91 Å². The second kappa shape index (κ2) is 6.57. The zero-order valence-electron chi connectivity index (χ0n) is 15.1. The summed E-state index contributed by atoms with van der Waals surface area (Å²) >= 11 is 0. The first kappa shape index (κ1) is 16.8. The highest BCUT2D eigenvalue weighted by molar-refractivity contribution is 6.11. The van der Waals surface area contributed by atoms with Crippen molar-refractivity contribution in [2.24, 2.45) is 5.92 Å². The molecule has 5 nitrogen and oxygen atoms in total. The molecule has 2 aliphatic rings. The number of anilines is 1. The Bertz CT molecular complexity index is 883. The number of aromatic nitrogens is 2. The van der Waals surface area contributed by atoms with Crippen molar-refractivity contribution in [3.05, 3.63) is 59.4 Å². The summed E-state index contributed by atoms with van der Waals surface area (Å²) in [6.45, 7) is 3.12. The van der Waals surface area contributed by atoms with Crippen LogP contribution in [0.2, 0.25) is 0 Å². The molecule has 5 heteroatoms. The molecule has 134 valence electrons. The van der Waals surface area contributed by atoms with Gasteiger partial charge in [-0.05, 0) is 37.0 Å². The van der Waals surface area contributed by atoms with Crippen LogP contribution in [0, 0.1) is 5.92 Å². The number of methoxy groups -OCH3 is 1. The van der Waals surface area contributed by atoms with Crippen LogP contribution in [0.3, 0.4) is 0 Å². The summed E-state index contributed by atoms with van der Waals surface area (Å²) in [7, 11) is 1.66. The van der Waals surface area contributed by atoms with Crippen molar-refractivity contribution in [1.29, 1.82) is 0 Å². The summed E-state index contributed by atoms with van der Waals surface area (Å²) in [5, 5.41) is 7.13. The Hall–Kier alpha value is -2.66. The Labute approximate surface area is 153 Å². The molecule has 2 aromatic rings. The third-order valence-electron chi connectivity index (χ3n) is 5.38. The van der Waals surface area contributed by atoms with Gasteiger partial charge in [0.15, 0.2) is 0 Å². The number of rotatable bonds is 6. The van der Waals surface area contributed by atoms with Crippen molar-refractivity contribution in [1.82, 2.24) is 10.2 Å². The predicted molar refractivity (Wildman–Crippen MR) is 103 cm³/mol. The Kier molecular flexibility index (Phi) is 4.24. The monoisotopic (exact) mass is 349 g/mol. The molecular formula is C21H23N3O2. The van der Waals surface area contributed by atoms with Crippen LogP contribution < -0.4 is 4.90 Å². The number of carbonyl (C=O) groups is 1. The molecule has 26 heavy (non-hydrogen) atoms. The minimum atomic E-state index is -0.401. The number of amides is 1. The van der Waals surface area contributed by atoms with Gasteiger partial charge < -0.3 is 9.64 Å². The van der Waals surface area contributed by atoms with E-state index < -0.39 is 5.41 Å². The van der Waals surface area contributed by atoms with E-state index >= 15 is 0 Å². The lowest BCUT2D eigenvalue weighted by Crippen LogP contribution is -2.35. The SMILES string of the molecule is C/C=C\c1cn[nH]c1/C=C/[C@@H]1C[C@@]12C(=O)N(CCOC)c1ccccc12. The van der Waals surface area contributed by atoms with Crippen LogP contribution in [0.25, 0.3) is 12.2 Å². The van der Waals surface area contributed by atoms with E-state index in [-0.39, 0.29) is 11.8 Å². The van der Waals surface area contributed by atoms with E-state index in [1.165, 1.54) is 0 Å². The van der Waals surface area contributed by atoms with E-state index in [4.69, 9.17) is 4.74 Å². The van der Waals surface area contributed by atoms with Gasteiger partial charge in [-0.15, -0.1) is 0 Å². The van der Waals surface area contributed by atoms with Crippen LogP contribution in [0.15, 0.2) is 42.6 Å². The minimum Gasteiger partial charge on any atom is -0.383 e. The van der Waals surface area contributed by atoms with E-state index in [1.54, 1.807) is 7.11 Å². The number of benzene rings is 1. The first-order chi connectivity index (χ1) is 12.7. The number of hydrogen-bond donors (Lipinski definition) is 1. The molecule has 1 aliphatic heterocycles. The molecule has 2 atom stereocenters. The highest BCUT2D eigenvalue weighted by atomic mass is 16.5. The van der Waals surface area contributed by atoms with Crippen LogP contribution >= 0.6 is 0 Å². The third-order valence-corrected chi connectivity index (χ3v) is 5.38. The van der Waals surface area contributed by atoms with Gasteiger partial charge in [-0.3, -0.25) is 9.89 Å². The lowest BCUT2D eigenvalue weighted by molar-refractivity contribution is -0.120. The number of nitrogens with one attached hydrogen (secondary N) is 1. The van der Waals surface area contributed by atoms with Gasteiger partial charge in [0.1, 0.15) is 0 Å². The number of fused-ring (bicyclic) bond motifs is 2. The number of H-pyrrole nitrogens is 1. The molecule has 0 bridgehead atoms. The molecule has 1 aromatic carbocycles. The largest absolute Gasteiger partial charge is 0.383 e. The second-order valence-electron chi connectivity index (χ2n) is 6.85. The second-order valence-corrected chi connectivity index (χ2v) is 6.85. The quantitative estimate of drug-likeness (QED) is 0.869. The molecule has 1 aliphatic carbocycles.